The highest BCUT2D eigenvalue weighted by Crippen LogP contribution is 2.33. The van der Waals surface area contributed by atoms with Crippen molar-refractivity contribution in [1.29, 1.82) is 0 Å². The van der Waals surface area contributed by atoms with Gasteiger partial charge in [-0.05, 0) is 49.4 Å². The van der Waals surface area contributed by atoms with Gasteiger partial charge in [-0.25, -0.2) is 0 Å². The van der Waals surface area contributed by atoms with Gasteiger partial charge < -0.3 is 10.6 Å². The van der Waals surface area contributed by atoms with Crippen molar-refractivity contribution in [3.63, 3.8) is 0 Å². The number of anilines is 1. The van der Waals surface area contributed by atoms with Crippen molar-refractivity contribution >= 4 is 17.3 Å². The summed E-state index contributed by atoms with van der Waals surface area (Å²) in [5.41, 5.74) is 7.97. The Morgan fingerprint density at radius 2 is 2.16 bits per heavy atom. The lowest BCUT2D eigenvalue weighted by Crippen LogP contribution is -2.35. The third kappa shape index (κ3) is 3.64. The predicted molar refractivity (Wildman–Crippen MR) is 84.0 cm³/mol. The normalized spacial score (nSPS) is 23.4. The Balaban J connectivity index is 2.12. The fourth-order valence-electron chi connectivity index (χ4n) is 3.11. The van der Waals surface area contributed by atoms with Crippen molar-refractivity contribution in [3.8, 4) is 0 Å². The monoisotopic (exact) mass is 280 g/mol. The summed E-state index contributed by atoms with van der Waals surface area (Å²) in [6.45, 7) is 3.03. The molecule has 0 spiro atoms. The minimum atomic E-state index is 0.626. The third-order valence-corrected chi connectivity index (χ3v) is 4.58. The maximum atomic E-state index is 6.43. The van der Waals surface area contributed by atoms with Crippen LogP contribution < -0.4 is 10.6 Å². The Bertz CT molecular complexity index is 419. The maximum Gasteiger partial charge on any atom is 0.0642 e. The van der Waals surface area contributed by atoms with E-state index in [1.807, 2.05) is 0 Å². The largest absolute Gasteiger partial charge is 0.370 e. The zero-order valence-electron chi connectivity index (χ0n) is 12.0. The van der Waals surface area contributed by atoms with E-state index < -0.39 is 0 Å². The molecule has 1 aromatic carbocycles. The van der Waals surface area contributed by atoms with Gasteiger partial charge in [0.25, 0.3) is 0 Å². The van der Waals surface area contributed by atoms with E-state index in [0.717, 1.165) is 23.0 Å². The van der Waals surface area contributed by atoms with Crippen molar-refractivity contribution in [1.82, 2.24) is 0 Å². The van der Waals surface area contributed by atoms with Crippen LogP contribution in [0.2, 0.25) is 5.02 Å². The lowest BCUT2D eigenvalue weighted by atomic mass is 9.86. The molecule has 0 saturated heterocycles. The summed E-state index contributed by atoms with van der Waals surface area (Å²) in [7, 11) is 2.17. The van der Waals surface area contributed by atoms with Gasteiger partial charge >= 0.3 is 0 Å². The summed E-state index contributed by atoms with van der Waals surface area (Å²) in [5.74, 6) is 0.830. The number of nitrogens with zero attached hydrogens (tertiary/aromatic N) is 1. The molecule has 0 aliphatic heterocycles. The molecule has 1 aliphatic carbocycles. The molecule has 1 aromatic rings. The topological polar surface area (TPSA) is 29.3 Å². The molecule has 2 N–H and O–H groups in total. The van der Waals surface area contributed by atoms with Gasteiger partial charge in [-0.15, -0.1) is 0 Å². The first-order valence-electron chi connectivity index (χ1n) is 7.33. The van der Waals surface area contributed by atoms with Gasteiger partial charge in [0.05, 0.1) is 10.7 Å². The summed E-state index contributed by atoms with van der Waals surface area (Å²) in [5, 5.41) is 0.853. The van der Waals surface area contributed by atoms with Crippen LogP contribution in [0.1, 0.15) is 38.2 Å². The third-order valence-electron chi connectivity index (χ3n) is 4.28. The van der Waals surface area contributed by atoms with E-state index in [4.69, 9.17) is 17.3 Å². The first-order chi connectivity index (χ1) is 9.11. The van der Waals surface area contributed by atoms with E-state index in [0.29, 0.717) is 12.6 Å². The summed E-state index contributed by atoms with van der Waals surface area (Å²) >= 11 is 6.43. The Labute approximate surface area is 121 Å². The second kappa shape index (κ2) is 6.62. The van der Waals surface area contributed by atoms with E-state index in [1.165, 1.54) is 31.2 Å². The van der Waals surface area contributed by atoms with Crippen molar-refractivity contribution in [2.75, 3.05) is 18.5 Å². The second-order valence-corrected chi connectivity index (χ2v) is 6.27. The van der Waals surface area contributed by atoms with Crippen LogP contribution >= 0.6 is 11.6 Å². The molecule has 2 unspecified atom stereocenters. The highest BCUT2D eigenvalue weighted by Gasteiger charge is 2.23. The number of nitrogens with two attached hydrogens (primary N) is 1. The van der Waals surface area contributed by atoms with E-state index in [9.17, 15) is 0 Å². The van der Waals surface area contributed by atoms with Gasteiger partial charge in [0.15, 0.2) is 0 Å². The smallest absolute Gasteiger partial charge is 0.0642 e. The highest BCUT2D eigenvalue weighted by molar-refractivity contribution is 6.33. The zero-order valence-corrected chi connectivity index (χ0v) is 12.8. The molecule has 0 aromatic heterocycles. The zero-order chi connectivity index (χ0) is 13.8. The number of halogens is 1. The van der Waals surface area contributed by atoms with Crippen LogP contribution in [0.15, 0.2) is 18.2 Å². The second-order valence-electron chi connectivity index (χ2n) is 5.86. The number of hydrogen-bond acceptors (Lipinski definition) is 2. The van der Waals surface area contributed by atoms with Crippen LogP contribution in [0.5, 0.6) is 0 Å². The van der Waals surface area contributed by atoms with Crippen LogP contribution in [0.4, 0.5) is 5.69 Å². The molecule has 2 rings (SSSR count). The molecular weight excluding hydrogens is 256 g/mol. The number of benzene rings is 1. The standard InChI is InChI=1S/C16H25ClN2/c1-12-4-3-5-14(10-12)19(2)16-7-6-13(8-9-18)11-15(16)17/h6-7,11-12,14H,3-5,8-10,18H2,1-2H3. The summed E-state index contributed by atoms with van der Waals surface area (Å²) in [4.78, 5) is 2.37. The first kappa shape index (κ1) is 14.7. The molecule has 1 fully saturated rings. The molecule has 19 heavy (non-hydrogen) atoms. The Kier molecular flexibility index (Phi) is 5.12. The van der Waals surface area contributed by atoms with Crippen molar-refractivity contribution in [3.05, 3.63) is 28.8 Å². The lowest BCUT2D eigenvalue weighted by molar-refractivity contribution is 0.336. The van der Waals surface area contributed by atoms with Gasteiger partial charge in [0.1, 0.15) is 0 Å². The molecule has 2 nitrogen and oxygen atoms in total. The lowest BCUT2D eigenvalue weighted by Gasteiger charge is -2.36. The molecule has 0 radical (unpaired) electrons. The van der Waals surface area contributed by atoms with Crippen LogP contribution in [0.3, 0.4) is 0 Å². The minimum absolute atomic E-state index is 0.626. The first-order valence-corrected chi connectivity index (χ1v) is 7.71. The van der Waals surface area contributed by atoms with E-state index in [2.05, 4.69) is 37.1 Å². The highest BCUT2D eigenvalue weighted by atomic mass is 35.5. The molecule has 1 aliphatic rings. The number of rotatable bonds is 4. The summed E-state index contributed by atoms with van der Waals surface area (Å²) in [6.07, 6.45) is 6.15. The van der Waals surface area contributed by atoms with Gasteiger partial charge in [0, 0.05) is 13.1 Å². The fraction of sp³-hybridized carbons (Fsp3) is 0.625. The van der Waals surface area contributed by atoms with Gasteiger partial charge in [0.2, 0.25) is 0 Å². The van der Waals surface area contributed by atoms with Gasteiger partial charge in [-0.1, -0.05) is 37.4 Å². The SMILES string of the molecule is CC1CCCC(N(C)c2ccc(CCN)cc2Cl)C1. The van der Waals surface area contributed by atoms with Gasteiger partial charge in [-0.2, -0.15) is 0 Å². The van der Waals surface area contributed by atoms with Crippen molar-refractivity contribution < 1.29 is 0 Å². The van der Waals surface area contributed by atoms with E-state index in [-0.39, 0.29) is 0 Å². The maximum absolute atomic E-state index is 6.43. The predicted octanol–water partition coefficient (Wildman–Crippen LogP) is 3.86. The molecule has 106 valence electrons. The molecule has 0 amide bonds. The molecule has 0 bridgehead atoms. The van der Waals surface area contributed by atoms with Crippen molar-refractivity contribution in [2.24, 2.45) is 11.7 Å². The molecule has 2 atom stereocenters. The summed E-state index contributed by atoms with van der Waals surface area (Å²) < 4.78 is 0. The average Bonchev–Trinajstić information content (AvgIpc) is 2.38. The number of hydrogen-bond donors (Lipinski definition) is 1. The van der Waals surface area contributed by atoms with Gasteiger partial charge in [-0.3, -0.25) is 0 Å². The Morgan fingerprint density at radius 3 is 2.79 bits per heavy atom. The van der Waals surface area contributed by atoms with Crippen LogP contribution in [0.25, 0.3) is 0 Å². The minimum Gasteiger partial charge on any atom is -0.370 e. The van der Waals surface area contributed by atoms with Crippen molar-refractivity contribution in [2.45, 2.75) is 45.1 Å². The summed E-state index contributed by atoms with van der Waals surface area (Å²) in [6, 6.07) is 6.98. The molecule has 1 saturated carbocycles. The van der Waals surface area contributed by atoms with Crippen LogP contribution in [0, 0.1) is 5.92 Å². The molecule has 3 heteroatoms. The van der Waals surface area contributed by atoms with Crippen LogP contribution in [-0.2, 0) is 6.42 Å². The van der Waals surface area contributed by atoms with Crippen LogP contribution in [-0.4, -0.2) is 19.6 Å². The quantitative estimate of drug-likeness (QED) is 0.907. The van der Waals surface area contributed by atoms with E-state index >= 15 is 0 Å². The average molecular weight is 281 g/mol. The Morgan fingerprint density at radius 1 is 1.37 bits per heavy atom. The Hall–Kier alpha value is -0.730. The molecular formula is C16H25ClN2. The van der Waals surface area contributed by atoms with E-state index in [1.54, 1.807) is 0 Å². The fourth-order valence-corrected chi connectivity index (χ4v) is 3.45. The molecule has 0 heterocycles.